The minimum atomic E-state index is -0.761. The van der Waals surface area contributed by atoms with Crippen molar-refractivity contribution in [1.82, 2.24) is 0 Å². The summed E-state index contributed by atoms with van der Waals surface area (Å²) < 4.78 is 6.10. The number of benzene rings is 1. The molecule has 3 heteroatoms. The van der Waals surface area contributed by atoms with Crippen LogP contribution in [0.2, 0.25) is 0 Å². The van der Waals surface area contributed by atoms with Gasteiger partial charge in [0.05, 0.1) is 11.2 Å². The quantitative estimate of drug-likeness (QED) is 0.901. The van der Waals surface area contributed by atoms with Gasteiger partial charge >= 0.3 is 0 Å². The van der Waals surface area contributed by atoms with Gasteiger partial charge in [0.1, 0.15) is 0 Å². The van der Waals surface area contributed by atoms with Gasteiger partial charge in [-0.3, -0.25) is 0 Å². The van der Waals surface area contributed by atoms with E-state index in [0.29, 0.717) is 0 Å². The van der Waals surface area contributed by atoms with Gasteiger partial charge in [-0.25, -0.2) is 0 Å². The Hall–Kier alpha value is -0.510. The SMILES string of the molecule is Cc1ccc(C(C)(O)C2CCOC3(CCSC3)C2)cc1C. The molecule has 2 saturated heterocycles. The second kappa shape index (κ2) is 5.60. The molecule has 0 saturated carbocycles. The van der Waals surface area contributed by atoms with E-state index in [1.807, 2.05) is 18.7 Å². The summed E-state index contributed by atoms with van der Waals surface area (Å²) in [5.74, 6) is 2.57. The molecule has 0 amide bonds. The Morgan fingerprint density at radius 3 is 2.81 bits per heavy atom. The molecule has 116 valence electrons. The summed E-state index contributed by atoms with van der Waals surface area (Å²) in [6, 6.07) is 6.37. The first kappa shape index (κ1) is 15.4. The molecule has 2 fully saturated rings. The van der Waals surface area contributed by atoms with E-state index < -0.39 is 5.60 Å². The van der Waals surface area contributed by atoms with Crippen molar-refractivity contribution in [2.45, 2.75) is 51.2 Å². The van der Waals surface area contributed by atoms with Crippen molar-refractivity contribution < 1.29 is 9.84 Å². The number of ether oxygens (including phenoxy) is 1. The standard InChI is InChI=1S/C18H26O2S/c1-13-4-5-15(10-14(13)2)17(3,19)16-6-8-20-18(11-16)7-9-21-12-18/h4-5,10,16,19H,6-9,11-12H2,1-3H3. The van der Waals surface area contributed by atoms with E-state index in [9.17, 15) is 5.11 Å². The summed E-state index contributed by atoms with van der Waals surface area (Å²) in [4.78, 5) is 0. The lowest BCUT2D eigenvalue weighted by Gasteiger charge is -2.44. The van der Waals surface area contributed by atoms with Crippen molar-refractivity contribution in [2.75, 3.05) is 18.1 Å². The van der Waals surface area contributed by atoms with Gasteiger partial charge in [0.25, 0.3) is 0 Å². The van der Waals surface area contributed by atoms with Crippen molar-refractivity contribution in [3.8, 4) is 0 Å². The van der Waals surface area contributed by atoms with E-state index >= 15 is 0 Å². The summed E-state index contributed by atoms with van der Waals surface area (Å²) in [6.07, 6.45) is 3.07. The van der Waals surface area contributed by atoms with E-state index in [-0.39, 0.29) is 11.5 Å². The maximum absolute atomic E-state index is 11.2. The zero-order valence-electron chi connectivity index (χ0n) is 13.3. The highest BCUT2D eigenvalue weighted by molar-refractivity contribution is 7.99. The second-order valence-electron chi connectivity index (χ2n) is 6.97. The third-order valence-corrected chi connectivity index (χ3v) is 6.67. The molecule has 2 aliphatic heterocycles. The lowest BCUT2D eigenvalue weighted by Crippen LogP contribution is -2.46. The first-order valence-corrected chi connectivity index (χ1v) is 9.10. The Bertz CT molecular complexity index is 518. The minimum absolute atomic E-state index is 0.0251. The van der Waals surface area contributed by atoms with Crippen molar-refractivity contribution >= 4 is 11.8 Å². The average molecular weight is 306 g/mol. The highest BCUT2D eigenvalue weighted by Crippen LogP contribution is 2.46. The smallest absolute Gasteiger partial charge is 0.0898 e. The number of thioether (sulfide) groups is 1. The normalized spacial score (nSPS) is 32.3. The first-order chi connectivity index (χ1) is 9.93. The van der Waals surface area contributed by atoms with Gasteiger partial charge in [0.15, 0.2) is 0 Å². The first-order valence-electron chi connectivity index (χ1n) is 7.95. The molecular formula is C18H26O2S. The molecule has 2 aliphatic rings. The molecule has 1 aromatic carbocycles. The molecule has 0 aliphatic carbocycles. The lowest BCUT2D eigenvalue weighted by atomic mass is 9.73. The fourth-order valence-electron chi connectivity index (χ4n) is 3.66. The van der Waals surface area contributed by atoms with Crippen LogP contribution < -0.4 is 0 Å². The fraction of sp³-hybridized carbons (Fsp3) is 0.667. The third kappa shape index (κ3) is 2.88. The molecule has 3 unspecified atom stereocenters. The van der Waals surface area contributed by atoms with Gasteiger partial charge in [-0.1, -0.05) is 18.2 Å². The number of aliphatic hydroxyl groups is 1. The molecule has 0 aromatic heterocycles. The van der Waals surface area contributed by atoms with Crippen LogP contribution in [-0.2, 0) is 10.3 Å². The monoisotopic (exact) mass is 306 g/mol. The summed E-state index contributed by atoms with van der Waals surface area (Å²) in [7, 11) is 0. The van der Waals surface area contributed by atoms with Crippen LogP contribution in [0.5, 0.6) is 0 Å². The Labute approximate surface area is 132 Å². The zero-order valence-corrected chi connectivity index (χ0v) is 14.1. The summed E-state index contributed by atoms with van der Waals surface area (Å²) in [6.45, 7) is 7.01. The van der Waals surface area contributed by atoms with E-state index in [4.69, 9.17) is 4.74 Å². The fourth-order valence-corrected chi connectivity index (χ4v) is 5.04. The lowest BCUT2D eigenvalue weighted by molar-refractivity contribution is -0.129. The molecule has 1 aromatic rings. The highest BCUT2D eigenvalue weighted by atomic mass is 32.2. The summed E-state index contributed by atoms with van der Waals surface area (Å²) in [5, 5.41) is 11.2. The number of hydrogen-bond acceptors (Lipinski definition) is 3. The highest BCUT2D eigenvalue weighted by Gasteiger charge is 2.46. The zero-order chi connectivity index (χ0) is 15.1. The number of aryl methyl sites for hydroxylation is 2. The van der Waals surface area contributed by atoms with Crippen LogP contribution in [0.15, 0.2) is 18.2 Å². The van der Waals surface area contributed by atoms with Gasteiger partial charge in [0.2, 0.25) is 0 Å². The topological polar surface area (TPSA) is 29.5 Å². The van der Waals surface area contributed by atoms with Gasteiger partial charge < -0.3 is 9.84 Å². The molecule has 21 heavy (non-hydrogen) atoms. The van der Waals surface area contributed by atoms with Crippen molar-refractivity contribution in [1.29, 1.82) is 0 Å². The molecule has 0 radical (unpaired) electrons. The van der Waals surface area contributed by atoms with Gasteiger partial charge in [-0.15, -0.1) is 0 Å². The van der Waals surface area contributed by atoms with E-state index in [0.717, 1.165) is 37.2 Å². The van der Waals surface area contributed by atoms with Gasteiger partial charge in [-0.2, -0.15) is 11.8 Å². The molecule has 3 rings (SSSR count). The molecule has 2 heterocycles. The molecule has 0 bridgehead atoms. The van der Waals surface area contributed by atoms with Crippen LogP contribution in [0, 0.1) is 19.8 Å². The Morgan fingerprint density at radius 1 is 1.33 bits per heavy atom. The molecule has 1 N–H and O–H groups in total. The van der Waals surface area contributed by atoms with Crippen LogP contribution in [0.25, 0.3) is 0 Å². The molecule has 3 atom stereocenters. The third-order valence-electron chi connectivity index (χ3n) is 5.45. The Morgan fingerprint density at radius 2 is 2.14 bits per heavy atom. The van der Waals surface area contributed by atoms with E-state index in [2.05, 4.69) is 32.0 Å². The van der Waals surface area contributed by atoms with Crippen LogP contribution in [0.1, 0.15) is 42.9 Å². The largest absolute Gasteiger partial charge is 0.385 e. The maximum atomic E-state index is 11.2. The molecule has 2 nitrogen and oxygen atoms in total. The number of hydrogen-bond donors (Lipinski definition) is 1. The van der Waals surface area contributed by atoms with Crippen LogP contribution in [0.4, 0.5) is 0 Å². The molecule has 1 spiro atoms. The summed E-state index contributed by atoms with van der Waals surface area (Å²) in [5.41, 5.74) is 2.86. The van der Waals surface area contributed by atoms with Crippen molar-refractivity contribution in [2.24, 2.45) is 5.92 Å². The summed E-state index contributed by atoms with van der Waals surface area (Å²) >= 11 is 1.99. The second-order valence-corrected chi connectivity index (χ2v) is 8.08. The maximum Gasteiger partial charge on any atom is 0.0898 e. The molecular weight excluding hydrogens is 280 g/mol. The Kier molecular flexibility index (Phi) is 4.10. The predicted octanol–water partition coefficient (Wildman–Crippen LogP) is 3.81. The van der Waals surface area contributed by atoms with E-state index in [1.54, 1.807) is 0 Å². The predicted molar refractivity (Wildman–Crippen MR) is 88.8 cm³/mol. The van der Waals surface area contributed by atoms with Crippen LogP contribution >= 0.6 is 11.8 Å². The minimum Gasteiger partial charge on any atom is -0.385 e. The number of rotatable bonds is 2. The van der Waals surface area contributed by atoms with Crippen molar-refractivity contribution in [3.05, 3.63) is 34.9 Å². The van der Waals surface area contributed by atoms with Crippen LogP contribution in [0.3, 0.4) is 0 Å². The van der Waals surface area contributed by atoms with Crippen molar-refractivity contribution in [3.63, 3.8) is 0 Å². The Balaban J connectivity index is 1.84. The van der Waals surface area contributed by atoms with Gasteiger partial charge in [-0.05, 0) is 68.4 Å². The van der Waals surface area contributed by atoms with Crippen LogP contribution in [-0.4, -0.2) is 28.8 Å². The van der Waals surface area contributed by atoms with E-state index in [1.165, 1.54) is 16.9 Å². The average Bonchev–Trinajstić information content (AvgIpc) is 2.89. The van der Waals surface area contributed by atoms with Gasteiger partial charge in [0, 0.05) is 12.4 Å².